The van der Waals surface area contributed by atoms with Gasteiger partial charge in [-0.3, -0.25) is 4.98 Å². The van der Waals surface area contributed by atoms with Crippen LogP contribution >= 0.6 is 0 Å². The van der Waals surface area contributed by atoms with Gasteiger partial charge in [0.25, 0.3) is 0 Å². The first-order chi connectivity index (χ1) is 15.6. The highest BCUT2D eigenvalue weighted by atomic mass is 16.1. The molecule has 0 radical (unpaired) electrons. The van der Waals surface area contributed by atoms with Crippen molar-refractivity contribution in [3.63, 3.8) is 0 Å². The number of benzene rings is 1. The number of nitrogens with zero attached hydrogens (tertiary/aromatic N) is 4. The molecule has 0 spiro atoms. The van der Waals surface area contributed by atoms with E-state index >= 15 is 0 Å². The van der Waals surface area contributed by atoms with E-state index in [4.69, 9.17) is 15.5 Å². The smallest absolute Gasteiger partial charge is 0.165 e. The van der Waals surface area contributed by atoms with Crippen LogP contribution in [0.25, 0.3) is 28.0 Å². The summed E-state index contributed by atoms with van der Waals surface area (Å²) < 4.78 is 1.77. The van der Waals surface area contributed by atoms with Crippen LogP contribution in [0.2, 0.25) is 0 Å². The van der Waals surface area contributed by atoms with Gasteiger partial charge in [0.05, 0.1) is 17.6 Å². The Kier molecular flexibility index (Phi) is 6.59. The number of anilines is 1. The van der Waals surface area contributed by atoms with Crippen molar-refractivity contribution in [2.45, 2.75) is 51.9 Å². The number of pyridine rings is 1. The minimum Gasteiger partial charge on any atom is -0.383 e. The number of carbonyl (C=O) groups excluding carboxylic acids is 1. The van der Waals surface area contributed by atoms with Crippen LogP contribution in [0.5, 0.6) is 0 Å². The van der Waals surface area contributed by atoms with Crippen molar-refractivity contribution in [2.24, 2.45) is 0 Å². The summed E-state index contributed by atoms with van der Waals surface area (Å²) in [7, 11) is 0. The van der Waals surface area contributed by atoms with Crippen molar-refractivity contribution >= 4 is 17.8 Å². The molecule has 0 amide bonds. The van der Waals surface area contributed by atoms with Crippen molar-refractivity contribution in [3.8, 4) is 22.4 Å². The van der Waals surface area contributed by atoms with Crippen LogP contribution in [0.1, 0.15) is 56.2 Å². The Morgan fingerprint density at radius 2 is 1.72 bits per heavy atom. The second-order valence-electron chi connectivity index (χ2n) is 8.17. The summed E-state index contributed by atoms with van der Waals surface area (Å²) in [6, 6.07) is 14.3. The topological polar surface area (TPSA) is 86.2 Å². The van der Waals surface area contributed by atoms with Crippen molar-refractivity contribution in [2.75, 3.05) is 5.73 Å². The molecule has 4 aromatic rings. The van der Waals surface area contributed by atoms with E-state index in [9.17, 15) is 0 Å². The fourth-order valence-electron chi connectivity index (χ4n) is 4.42. The number of aromatic nitrogens is 4. The van der Waals surface area contributed by atoms with E-state index < -0.39 is 0 Å². The molecule has 1 aliphatic carbocycles. The number of fused-ring (bicyclic) bond motifs is 1. The van der Waals surface area contributed by atoms with E-state index in [1.165, 1.54) is 39.0 Å². The summed E-state index contributed by atoms with van der Waals surface area (Å²) >= 11 is 0. The summed E-state index contributed by atoms with van der Waals surface area (Å²) in [6.07, 6.45) is 10.8. The standard InChI is InChI=1S/C24H25N5.C2H4O/c1-16-22(18-10-6-3-7-11-18)28-24-20(15-27-29(24)23(16)25)19-12-13-21(26-14-19)17-8-4-2-5-9-17;1-2-3/h2,4-5,8-9,12-15,18H,3,6-7,10-11,25H2,1H3;2H,1H3. The summed E-state index contributed by atoms with van der Waals surface area (Å²) in [5.41, 5.74) is 13.5. The zero-order chi connectivity index (χ0) is 22.5. The summed E-state index contributed by atoms with van der Waals surface area (Å²) in [5, 5.41) is 4.52. The monoisotopic (exact) mass is 427 g/mol. The zero-order valence-electron chi connectivity index (χ0n) is 18.7. The number of carbonyl (C=O) groups is 1. The second-order valence-corrected chi connectivity index (χ2v) is 8.17. The van der Waals surface area contributed by atoms with Crippen LogP contribution in [0, 0.1) is 6.92 Å². The first kappa shape index (κ1) is 21.7. The highest BCUT2D eigenvalue weighted by molar-refractivity contribution is 5.79. The molecule has 164 valence electrons. The lowest BCUT2D eigenvalue weighted by molar-refractivity contribution is -0.106. The SMILES string of the molecule is CC=O.Cc1c(C2CCCCC2)nc2c(-c3ccc(-c4ccccc4)nc3)cnn2c1N. The maximum absolute atomic E-state index is 8.81. The van der Waals surface area contributed by atoms with Crippen LogP contribution < -0.4 is 5.73 Å². The molecule has 1 aromatic carbocycles. The quantitative estimate of drug-likeness (QED) is 0.430. The molecule has 1 saturated carbocycles. The fourth-order valence-corrected chi connectivity index (χ4v) is 4.42. The predicted molar refractivity (Wildman–Crippen MR) is 128 cm³/mol. The average molecular weight is 428 g/mol. The summed E-state index contributed by atoms with van der Waals surface area (Å²) in [5.74, 6) is 1.19. The van der Waals surface area contributed by atoms with Crippen molar-refractivity contribution in [1.29, 1.82) is 0 Å². The maximum atomic E-state index is 8.81. The Morgan fingerprint density at radius 1 is 1.00 bits per heavy atom. The Bertz CT molecular complexity index is 1190. The molecule has 1 fully saturated rings. The number of hydrogen-bond donors (Lipinski definition) is 1. The van der Waals surface area contributed by atoms with Crippen molar-refractivity contribution < 1.29 is 4.79 Å². The molecule has 5 rings (SSSR count). The lowest BCUT2D eigenvalue weighted by Gasteiger charge is -2.23. The van der Waals surface area contributed by atoms with Gasteiger partial charge in [0.1, 0.15) is 12.1 Å². The average Bonchev–Trinajstić information content (AvgIpc) is 3.27. The van der Waals surface area contributed by atoms with Crippen LogP contribution in [-0.2, 0) is 4.79 Å². The molecule has 3 heterocycles. The van der Waals surface area contributed by atoms with Crippen molar-refractivity contribution in [1.82, 2.24) is 19.6 Å². The highest BCUT2D eigenvalue weighted by Gasteiger charge is 2.23. The molecule has 0 saturated heterocycles. The van der Waals surface area contributed by atoms with E-state index in [1.54, 1.807) is 4.52 Å². The van der Waals surface area contributed by atoms with Gasteiger partial charge in [-0.2, -0.15) is 9.61 Å². The van der Waals surface area contributed by atoms with Gasteiger partial charge < -0.3 is 10.5 Å². The summed E-state index contributed by atoms with van der Waals surface area (Å²) in [4.78, 5) is 18.5. The van der Waals surface area contributed by atoms with E-state index in [0.717, 1.165) is 45.6 Å². The van der Waals surface area contributed by atoms with E-state index in [2.05, 4.69) is 35.2 Å². The Morgan fingerprint density at radius 3 is 2.38 bits per heavy atom. The number of nitrogen functional groups attached to an aromatic ring is 1. The lowest BCUT2D eigenvalue weighted by atomic mass is 9.85. The van der Waals surface area contributed by atoms with Crippen LogP contribution in [-0.4, -0.2) is 25.9 Å². The van der Waals surface area contributed by atoms with E-state index in [-0.39, 0.29) is 0 Å². The van der Waals surface area contributed by atoms with Gasteiger partial charge in [0, 0.05) is 34.4 Å². The largest absolute Gasteiger partial charge is 0.383 e. The Hall–Kier alpha value is -3.54. The van der Waals surface area contributed by atoms with Gasteiger partial charge in [-0.15, -0.1) is 0 Å². The molecule has 6 heteroatoms. The van der Waals surface area contributed by atoms with Gasteiger partial charge in [0.2, 0.25) is 0 Å². The third kappa shape index (κ3) is 4.26. The molecule has 32 heavy (non-hydrogen) atoms. The predicted octanol–water partition coefficient (Wildman–Crippen LogP) is 5.60. The molecule has 0 atom stereocenters. The Labute approximate surface area is 188 Å². The minimum atomic E-state index is 0.498. The van der Waals surface area contributed by atoms with Crippen LogP contribution in [0.4, 0.5) is 5.82 Å². The zero-order valence-corrected chi connectivity index (χ0v) is 18.7. The highest BCUT2D eigenvalue weighted by Crippen LogP contribution is 2.36. The lowest BCUT2D eigenvalue weighted by Crippen LogP contribution is -2.13. The number of aldehydes is 1. The molecular weight excluding hydrogens is 398 g/mol. The molecule has 3 aromatic heterocycles. The van der Waals surface area contributed by atoms with Gasteiger partial charge >= 0.3 is 0 Å². The van der Waals surface area contributed by atoms with Gasteiger partial charge in [-0.05, 0) is 32.8 Å². The van der Waals surface area contributed by atoms with Crippen LogP contribution in [0.3, 0.4) is 0 Å². The molecular formula is C26H29N5O. The molecule has 0 unspecified atom stereocenters. The van der Waals surface area contributed by atoms with Crippen molar-refractivity contribution in [3.05, 3.63) is 66.1 Å². The first-order valence-electron chi connectivity index (χ1n) is 11.2. The Balaban J connectivity index is 0.000000775. The number of hydrogen-bond acceptors (Lipinski definition) is 5. The van der Waals surface area contributed by atoms with Gasteiger partial charge in [-0.25, -0.2) is 4.98 Å². The number of nitrogens with two attached hydrogens (primary N) is 1. The summed E-state index contributed by atoms with van der Waals surface area (Å²) in [6.45, 7) is 3.52. The molecule has 0 aliphatic heterocycles. The van der Waals surface area contributed by atoms with E-state index in [1.807, 2.05) is 36.7 Å². The fraction of sp³-hybridized carbons (Fsp3) is 0.308. The molecule has 0 bridgehead atoms. The molecule has 1 aliphatic rings. The van der Waals surface area contributed by atoms with E-state index in [0.29, 0.717) is 11.7 Å². The third-order valence-corrected chi connectivity index (χ3v) is 6.10. The van der Waals surface area contributed by atoms with Gasteiger partial charge in [-0.1, -0.05) is 55.7 Å². The molecule has 6 nitrogen and oxygen atoms in total. The normalized spacial score (nSPS) is 14.1. The van der Waals surface area contributed by atoms with Gasteiger partial charge in [0.15, 0.2) is 5.65 Å². The maximum Gasteiger partial charge on any atom is 0.165 e. The minimum absolute atomic E-state index is 0.498. The number of rotatable bonds is 3. The second kappa shape index (κ2) is 9.73. The van der Waals surface area contributed by atoms with Crippen LogP contribution in [0.15, 0.2) is 54.9 Å². The third-order valence-electron chi connectivity index (χ3n) is 6.10. The molecule has 2 N–H and O–H groups in total. The first-order valence-corrected chi connectivity index (χ1v) is 11.2.